The Morgan fingerprint density at radius 2 is 2.12 bits per heavy atom. The van der Waals surface area contributed by atoms with Crippen molar-refractivity contribution in [3.05, 3.63) is 46.5 Å². The molecule has 1 aliphatic heterocycles. The van der Waals surface area contributed by atoms with E-state index in [0.29, 0.717) is 24.4 Å². The van der Waals surface area contributed by atoms with Crippen LogP contribution < -0.4 is 5.32 Å². The van der Waals surface area contributed by atoms with E-state index in [4.69, 9.17) is 4.42 Å². The second kappa shape index (κ2) is 9.00. The van der Waals surface area contributed by atoms with Gasteiger partial charge < -0.3 is 19.5 Å². The highest BCUT2D eigenvalue weighted by Crippen LogP contribution is 2.19. The summed E-state index contributed by atoms with van der Waals surface area (Å²) < 4.78 is 5.45. The Balaban J connectivity index is 1.56. The first-order valence-corrected chi connectivity index (χ1v) is 9.83. The van der Waals surface area contributed by atoms with Gasteiger partial charge in [0.1, 0.15) is 5.76 Å². The van der Waals surface area contributed by atoms with Gasteiger partial charge in [-0.1, -0.05) is 6.07 Å². The molecule has 0 bridgehead atoms. The minimum absolute atomic E-state index is 0.0578. The quantitative estimate of drug-likeness (QED) is 0.808. The number of hydrogen-bond acceptors (Lipinski definition) is 5. The molecule has 1 aliphatic rings. The smallest absolute Gasteiger partial charge is 0.261 e. The molecule has 6 nitrogen and oxygen atoms in total. The number of nitrogens with zero attached hydrogens (tertiary/aromatic N) is 2. The average molecular weight is 375 g/mol. The molecular weight excluding hydrogens is 350 g/mol. The Bertz CT molecular complexity index is 692. The second-order valence-electron chi connectivity index (χ2n) is 6.62. The second-order valence-corrected chi connectivity index (χ2v) is 7.57. The molecule has 7 heteroatoms. The topological polar surface area (TPSA) is 65.8 Å². The van der Waals surface area contributed by atoms with Gasteiger partial charge in [-0.15, -0.1) is 11.3 Å². The van der Waals surface area contributed by atoms with E-state index in [1.54, 1.807) is 12.3 Å². The lowest BCUT2D eigenvalue weighted by Crippen LogP contribution is -2.46. The van der Waals surface area contributed by atoms with Crippen molar-refractivity contribution in [2.45, 2.75) is 31.8 Å². The molecular formula is C19H25N3O3S. The third kappa shape index (κ3) is 4.95. The van der Waals surface area contributed by atoms with Crippen molar-refractivity contribution in [2.75, 3.05) is 26.7 Å². The first kappa shape index (κ1) is 18.7. The van der Waals surface area contributed by atoms with Crippen LogP contribution in [0.25, 0.3) is 0 Å². The van der Waals surface area contributed by atoms with Crippen molar-refractivity contribution in [2.24, 2.45) is 0 Å². The number of piperidine rings is 1. The van der Waals surface area contributed by atoms with E-state index in [-0.39, 0.29) is 17.9 Å². The highest BCUT2D eigenvalue weighted by Gasteiger charge is 2.27. The number of thiophene rings is 1. The van der Waals surface area contributed by atoms with Gasteiger partial charge in [0.25, 0.3) is 5.91 Å². The van der Waals surface area contributed by atoms with Gasteiger partial charge in [0.2, 0.25) is 5.91 Å². The van der Waals surface area contributed by atoms with Crippen LogP contribution in [0, 0.1) is 0 Å². The fourth-order valence-corrected chi connectivity index (χ4v) is 3.86. The van der Waals surface area contributed by atoms with Gasteiger partial charge >= 0.3 is 0 Å². The maximum atomic E-state index is 12.8. The molecule has 2 aromatic rings. The Morgan fingerprint density at radius 1 is 1.31 bits per heavy atom. The molecule has 26 heavy (non-hydrogen) atoms. The van der Waals surface area contributed by atoms with Crippen LogP contribution in [-0.4, -0.2) is 54.3 Å². The third-order valence-corrected chi connectivity index (χ3v) is 5.59. The molecule has 1 N–H and O–H groups in total. The Labute approximate surface area is 157 Å². The van der Waals surface area contributed by atoms with E-state index < -0.39 is 0 Å². The van der Waals surface area contributed by atoms with Gasteiger partial charge in [-0.2, -0.15) is 0 Å². The summed E-state index contributed by atoms with van der Waals surface area (Å²) in [5.74, 6) is 0.729. The Kier molecular flexibility index (Phi) is 6.46. The van der Waals surface area contributed by atoms with Crippen molar-refractivity contribution in [3.8, 4) is 0 Å². The maximum Gasteiger partial charge on any atom is 0.261 e. The van der Waals surface area contributed by atoms with Gasteiger partial charge in [0.05, 0.1) is 17.7 Å². The zero-order chi connectivity index (χ0) is 18.4. The molecule has 140 valence electrons. The molecule has 0 unspecified atom stereocenters. The molecule has 0 atom stereocenters. The number of nitrogens with one attached hydrogen (secondary N) is 1. The minimum atomic E-state index is -0.121. The van der Waals surface area contributed by atoms with E-state index in [9.17, 15) is 9.59 Å². The summed E-state index contributed by atoms with van der Waals surface area (Å²) in [5, 5.41) is 4.70. The van der Waals surface area contributed by atoms with Gasteiger partial charge in [0.15, 0.2) is 0 Å². The standard InChI is InChI=1S/C19H25N3O3S/c1-21-10-7-15(8-11-21)22(14-16-4-2-12-25-16)18(23)6-9-20-19(24)17-5-3-13-26-17/h2-5,12-13,15H,6-11,14H2,1H3,(H,20,24). The number of rotatable bonds is 7. The lowest BCUT2D eigenvalue weighted by atomic mass is 10.0. The zero-order valence-electron chi connectivity index (χ0n) is 15.0. The normalized spacial score (nSPS) is 15.7. The number of furan rings is 1. The Morgan fingerprint density at radius 3 is 2.77 bits per heavy atom. The van der Waals surface area contributed by atoms with Crippen molar-refractivity contribution >= 4 is 23.2 Å². The summed E-state index contributed by atoms with van der Waals surface area (Å²) in [6.07, 6.45) is 3.85. The molecule has 3 rings (SSSR count). The molecule has 0 saturated carbocycles. The van der Waals surface area contributed by atoms with Crippen LogP contribution in [0.4, 0.5) is 0 Å². The van der Waals surface area contributed by atoms with Crippen molar-refractivity contribution in [1.29, 1.82) is 0 Å². The number of carbonyl (C=O) groups is 2. The summed E-state index contributed by atoms with van der Waals surface area (Å²) in [6.45, 7) is 2.80. The van der Waals surface area contributed by atoms with Gasteiger partial charge in [0, 0.05) is 19.0 Å². The van der Waals surface area contributed by atoms with Crippen LogP contribution in [0.2, 0.25) is 0 Å². The number of amides is 2. The lowest BCUT2D eigenvalue weighted by molar-refractivity contribution is -0.135. The number of hydrogen-bond donors (Lipinski definition) is 1. The fraction of sp³-hybridized carbons (Fsp3) is 0.474. The SMILES string of the molecule is CN1CCC(N(Cc2ccco2)C(=O)CCNC(=O)c2cccs2)CC1. The highest BCUT2D eigenvalue weighted by atomic mass is 32.1. The van der Waals surface area contributed by atoms with Crippen molar-refractivity contribution in [1.82, 2.24) is 15.1 Å². The molecule has 0 aliphatic carbocycles. The van der Waals surface area contributed by atoms with E-state index >= 15 is 0 Å². The van der Waals surface area contributed by atoms with Crippen LogP contribution in [0.3, 0.4) is 0 Å². The van der Waals surface area contributed by atoms with E-state index in [1.807, 2.05) is 28.5 Å². The molecule has 0 spiro atoms. The third-order valence-electron chi connectivity index (χ3n) is 4.72. The average Bonchev–Trinajstić information content (AvgIpc) is 3.34. The summed E-state index contributed by atoms with van der Waals surface area (Å²) in [7, 11) is 2.11. The van der Waals surface area contributed by atoms with E-state index in [0.717, 1.165) is 31.7 Å². The fourth-order valence-electron chi connectivity index (χ4n) is 3.22. The molecule has 0 aromatic carbocycles. The molecule has 1 saturated heterocycles. The van der Waals surface area contributed by atoms with Gasteiger partial charge in [-0.25, -0.2) is 0 Å². The van der Waals surface area contributed by atoms with Crippen LogP contribution in [0.1, 0.15) is 34.7 Å². The number of likely N-dealkylation sites (tertiary alicyclic amines) is 1. The predicted molar refractivity (Wildman–Crippen MR) is 101 cm³/mol. The molecule has 0 radical (unpaired) electrons. The zero-order valence-corrected chi connectivity index (χ0v) is 15.8. The van der Waals surface area contributed by atoms with Crippen molar-refractivity contribution < 1.29 is 14.0 Å². The maximum absolute atomic E-state index is 12.8. The van der Waals surface area contributed by atoms with E-state index in [2.05, 4.69) is 17.3 Å². The van der Waals surface area contributed by atoms with Crippen LogP contribution >= 0.6 is 11.3 Å². The lowest BCUT2D eigenvalue weighted by Gasteiger charge is -2.37. The van der Waals surface area contributed by atoms with E-state index in [1.165, 1.54) is 11.3 Å². The Hall–Kier alpha value is -2.12. The largest absolute Gasteiger partial charge is 0.467 e. The summed E-state index contributed by atoms with van der Waals surface area (Å²) in [5.41, 5.74) is 0. The predicted octanol–water partition coefficient (Wildman–Crippen LogP) is 2.58. The van der Waals surface area contributed by atoms with Crippen LogP contribution in [0.5, 0.6) is 0 Å². The molecule has 3 heterocycles. The van der Waals surface area contributed by atoms with Gasteiger partial charge in [-0.3, -0.25) is 9.59 Å². The summed E-state index contributed by atoms with van der Waals surface area (Å²) >= 11 is 1.40. The highest BCUT2D eigenvalue weighted by molar-refractivity contribution is 7.12. The van der Waals surface area contributed by atoms with Crippen LogP contribution in [-0.2, 0) is 11.3 Å². The summed E-state index contributed by atoms with van der Waals surface area (Å²) in [6, 6.07) is 7.58. The number of carbonyl (C=O) groups excluding carboxylic acids is 2. The first-order chi connectivity index (χ1) is 12.6. The minimum Gasteiger partial charge on any atom is -0.467 e. The van der Waals surface area contributed by atoms with Gasteiger partial charge in [-0.05, 0) is 56.6 Å². The first-order valence-electron chi connectivity index (χ1n) is 8.95. The van der Waals surface area contributed by atoms with Crippen molar-refractivity contribution in [3.63, 3.8) is 0 Å². The van der Waals surface area contributed by atoms with Crippen LogP contribution in [0.15, 0.2) is 40.3 Å². The molecule has 1 fully saturated rings. The molecule has 2 aromatic heterocycles. The monoisotopic (exact) mass is 375 g/mol. The molecule has 2 amide bonds. The summed E-state index contributed by atoms with van der Waals surface area (Å²) in [4.78, 5) is 29.7.